The van der Waals surface area contributed by atoms with Crippen molar-refractivity contribution in [3.05, 3.63) is 63.2 Å². The second-order valence-corrected chi connectivity index (χ2v) is 7.09. The molecule has 2 aromatic rings. The van der Waals surface area contributed by atoms with Crippen LogP contribution in [0.3, 0.4) is 0 Å². The van der Waals surface area contributed by atoms with Crippen LogP contribution in [0.1, 0.15) is 42.9 Å². The third kappa shape index (κ3) is 6.20. The van der Waals surface area contributed by atoms with Gasteiger partial charge < -0.3 is 14.8 Å². The molecule has 29 heavy (non-hydrogen) atoms. The van der Waals surface area contributed by atoms with Gasteiger partial charge in [0.2, 0.25) is 5.91 Å². The molecular weight excluding hydrogens is 372 g/mol. The normalized spacial score (nSPS) is 10.7. The Morgan fingerprint density at radius 2 is 1.69 bits per heavy atom. The van der Waals surface area contributed by atoms with Crippen LogP contribution in [0, 0.1) is 10.1 Å². The molecule has 0 spiro atoms. The van der Waals surface area contributed by atoms with Gasteiger partial charge in [-0.2, -0.15) is 0 Å². The minimum atomic E-state index is -0.458. The summed E-state index contributed by atoms with van der Waals surface area (Å²) < 4.78 is 10.3. The standard InChI is InChI=1S/C22H28N2O5/c1-15(2)17-8-5-16(6-9-17)7-10-22(25)23-12-11-18-13-20(28-3)21(29-4)14-19(18)24(26)27/h5-6,8-9,13-15H,7,10-12H2,1-4H3,(H,23,25). The third-order valence-corrected chi connectivity index (χ3v) is 4.79. The van der Waals surface area contributed by atoms with Gasteiger partial charge in [-0.15, -0.1) is 0 Å². The summed E-state index contributed by atoms with van der Waals surface area (Å²) >= 11 is 0. The number of nitrogens with zero attached hydrogens (tertiary/aromatic N) is 1. The highest BCUT2D eigenvalue weighted by atomic mass is 16.6. The molecule has 0 unspecified atom stereocenters. The molecule has 1 N–H and O–H groups in total. The lowest BCUT2D eigenvalue weighted by Crippen LogP contribution is -2.26. The van der Waals surface area contributed by atoms with Crippen molar-refractivity contribution < 1.29 is 19.2 Å². The number of hydrogen-bond acceptors (Lipinski definition) is 5. The summed E-state index contributed by atoms with van der Waals surface area (Å²) in [4.78, 5) is 23.0. The Hall–Kier alpha value is -3.09. The maximum atomic E-state index is 12.1. The quantitative estimate of drug-likeness (QED) is 0.480. The first-order chi connectivity index (χ1) is 13.8. The smallest absolute Gasteiger partial charge is 0.276 e. The van der Waals surface area contributed by atoms with Crippen molar-refractivity contribution >= 4 is 11.6 Å². The molecule has 0 saturated carbocycles. The number of nitro groups is 1. The van der Waals surface area contributed by atoms with Crippen molar-refractivity contribution in [1.82, 2.24) is 5.32 Å². The zero-order valence-corrected chi connectivity index (χ0v) is 17.4. The Kier molecular flexibility index (Phi) is 8.00. The van der Waals surface area contributed by atoms with E-state index in [-0.39, 0.29) is 11.6 Å². The average Bonchev–Trinajstić information content (AvgIpc) is 2.71. The summed E-state index contributed by atoms with van der Waals surface area (Å²) in [5.74, 6) is 1.12. The number of methoxy groups -OCH3 is 2. The largest absolute Gasteiger partial charge is 0.493 e. The molecule has 2 rings (SSSR count). The van der Waals surface area contributed by atoms with Crippen LogP contribution in [-0.4, -0.2) is 31.6 Å². The van der Waals surface area contributed by atoms with Gasteiger partial charge in [0.05, 0.1) is 25.2 Å². The molecule has 0 heterocycles. The van der Waals surface area contributed by atoms with Crippen LogP contribution in [0.25, 0.3) is 0 Å². The number of nitro benzene ring substituents is 1. The molecule has 1 amide bonds. The van der Waals surface area contributed by atoms with Crippen LogP contribution in [0.4, 0.5) is 5.69 Å². The van der Waals surface area contributed by atoms with Crippen molar-refractivity contribution in [1.29, 1.82) is 0 Å². The Morgan fingerprint density at radius 3 is 2.24 bits per heavy atom. The second-order valence-electron chi connectivity index (χ2n) is 7.09. The summed E-state index contributed by atoms with van der Waals surface area (Å²) in [5, 5.41) is 14.2. The monoisotopic (exact) mass is 400 g/mol. The topological polar surface area (TPSA) is 90.7 Å². The van der Waals surface area contributed by atoms with Gasteiger partial charge in [0, 0.05) is 18.5 Å². The zero-order chi connectivity index (χ0) is 21.4. The first-order valence-corrected chi connectivity index (χ1v) is 9.60. The molecule has 156 valence electrons. The zero-order valence-electron chi connectivity index (χ0n) is 17.4. The van der Waals surface area contributed by atoms with Crippen LogP contribution >= 0.6 is 0 Å². The summed E-state index contributed by atoms with van der Waals surface area (Å²) in [6.45, 7) is 4.60. The molecule has 7 heteroatoms. The average molecular weight is 400 g/mol. The molecule has 0 fully saturated rings. The summed E-state index contributed by atoms with van der Waals surface area (Å²) in [5.41, 5.74) is 2.81. The maximum Gasteiger partial charge on any atom is 0.276 e. The van der Waals surface area contributed by atoms with Crippen LogP contribution in [0.5, 0.6) is 11.5 Å². The fraction of sp³-hybridized carbons (Fsp3) is 0.409. The molecule has 0 aromatic heterocycles. The third-order valence-electron chi connectivity index (χ3n) is 4.79. The Labute approximate surface area is 171 Å². The van der Waals surface area contributed by atoms with E-state index in [1.165, 1.54) is 25.8 Å². The molecule has 2 aromatic carbocycles. The highest BCUT2D eigenvalue weighted by Gasteiger charge is 2.19. The lowest BCUT2D eigenvalue weighted by atomic mass is 10.0. The van der Waals surface area contributed by atoms with Crippen molar-refractivity contribution in [2.75, 3.05) is 20.8 Å². The van der Waals surface area contributed by atoms with Gasteiger partial charge in [0.15, 0.2) is 11.5 Å². The maximum absolute atomic E-state index is 12.1. The number of rotatable bonds is 10. The second kappa shape index (κ2) is 10.5. The molecule has 7 nitrogen and oxygen atoms in total. The number of aryl methyl sites for hydroxylation is 1. The molecule has 0 aliphatic carbocycles. The number of benzene rings is 2. The van der Waals surface area contributed by atoms with Crippen LogP contribution < -0.4 is 14.8 Å². The Balaban J connectivity index is 1.90. The molecule has 0 atom stereocenters. The van der Waals surface area contributed by atoms with Crippen molar-refractivity contribution in [3.8, 4) is 11.5 Å². The lowest BCUT2D eigenvalue weighted by molar-refractivity contribution is -0.385. The van der Waals surface area contributed by atoms with Crippen molar-refractivity contribution in [2.24, 2.45) is 0 Å². The number of amides is 1. The van der Waals surface area contributed by atoms with Crippen LogP contribution in [0.15, 0.2) is 36.4 Å². The van der Waals surface area contributed by atoms with Gasteiger partial charge in [0.25, 0.3) is 5.69 Å². The van der Waals surface area contributed by atoms with E-state index in [9.17, 15) is 14.9 Å². The lowest BCUT2D eigenvalue weighted by Gasteiger charge is -2.11. The molecular formula is C22H28N2O5. The summed E-state index contributed by atoms with van der Waals surface area (Å²) in [6, 6.07) is 11.2. The molecule has 0 bridgehead atoms. The van der Waals surface area contributed by atoms with E-state index in [1.54, 1.807) is 6.07 Å². The van der Waals surface area contributed by atoms with Gasteiger partial charge in [-0.05, 0) is 36.0 Å². The number of carbonyl (C=O) groups is 1. The highest BCUT2D eigenvalue weighted by Crippen LogP contribution is 2.34. The van der Waals surface area contributed by atoms with E-state index < -0.39 is 4.92 Å². The van der Waals surface area contributed by atoms with E-state index >= 15 is 0 Å². The number of hydrogen-bond donors (Lipinski definition) is 1. The van der Waals surface area contributed by atoms with E-state index in [0.717, 1.165) is 5.56 Å². The van der Waals surface area contributed by atoms with Gasteiger partial charge in [0.1, 0.15) is 0 Å². The SMILES string of the molecule is COc1cc(CCNC(=O)CCc2ccc(C(C)C)cc2)c([N+](=O)[O-])cc1OC. The van der Waals surface area contributed by atoms with Gasteiger partial charge in [-0.3, -0.25) is 14.9 Å². The van der Waals surface area contributed by atoms with Gasteiger partial charge >= 0.3 is 0 Å². The van der Waals surface area contributed by atoms with Crippen LogP contribution in [-0.2, 0) is 17.6 Å². The van der Waals surface area contributed by atoms with Crippen molar-refractivity contribution in [3.63, 3.8) is 0 Å². The molecule has 0 saturated heterocycles. The molecule has 0 aliphatic heterocycles. The Bertz CT molecular complexity index is 847. The van der Waals surface area contributed by atoms with E-state index in [0.29, 0.717) is 48.8 Å². The predicted octanol–water partition coefficient (Wildman–Crippen LogP) is 4.03. The fourth-order valence-corrected chi connectivity index (χ4v) is 3.03. The van der Waals surface area contributed by atoms with Crippen LogP contribution in [0.2, 0.25) is 0 Å². The summed E-state index contributed by atoms with van der Waals surface area (Å²) in [6.07, 6.45) is 1.35. The highest BCUT2D eigenvalue weighted by molar-refractivity contribution is 5.76. The molecule has 0 radical (unpaired) electrons. The number of carbonyl (C=O) groups excluding carboxylic acids is 1. The van der Waals surface area contributed by atoms with E-state index in [2.05, 4.69) is 43.4 Å². The predicted molar refractivity (Wildman–Crippen MR) is 112 cm³/mol. The minimum absolute atomic E-state index is 0.0536. The Morgan fingerprint density at radius 1 is 1.07 bits per heavy atom. The number of ether oxygens (including phenoxy) is 2. The van der Waals surface area contributed by atoms with Gasteiger partial charge in [-0.25, -0.2) is 0 Å². The summed E-state index contributed by atoms with van der Waals surface area (Å²) in [7, 11) is 2.90. The first-order valence-electron chi connectivity index (χ1n) is 9.60. The van der Waals surface area contributed by atoms with E-state index in [4.69, 9.17) is 9.47 Å². The minimum Gasteiger partial charge on any atom is -0.493 e. The van der Waals surface area contributed by atoms with E-state index in [1.807, 2.05) is 0 Å². The molecule has 0 aliphatic rings. The first kappa shape index (κ1) is 22.2. The van der Waals surface area contributed by atoms with Crippen molar-refractivity contribution in [2.45, 2.75) is 39.0 Å². The number of nitrogens with one attached hydrogen (secondary N) is 1. The fourth-order valence-electron chi connectivity index (χ4n) is 3.03. The van der Waals surface area contributed by atoms with Gasteiger partial charge in [-0.1, -0.05) is 38.1 Å².